The minimum Gasteiger partial charge on any atom is -0.458 e. The summed E-state index contributed by atoms with van der Waals surface area (Å²) in [5.41, 5.74) is -0.254. The summed E-state index contributed by atoms with van der Waals surface area (Å²) < 4.78 is 54.1. The minimum absolute atomic E-state index is 0.00737. The molecule has 0 bridgehead atoms. The summed E-state index contributed by atoms with van der Waals surface area (Å²) in [6, 6.07) is 0. The molecule has 7 aliphatic rings. The van der Waals surface area contributed by atoms with Gasteiger partial charge >= 0.3 is 5.97 Å². The zero-order valence-electron chi connectivity index (χ0n) is 24.8. The molecule has 8 nitrogen and oxygen atoms in total. The summed E-state index contributed by atoms with van der Waals surface area (Å²) in [6.45, 7) is 2.38. The Labute approximate surface area is 222 Å². The van der Waals surface area contributed by atoms with Gasteiger partial charge in [-0.2, -0.15) is 0 Å². The van der Waals surface area contributed by atoms with Gasteiger partial charge in [-0.1, -0.05) is 25.5 Å². The van der Waals surface area contributed by atoms with Gasteiger partial charge in [-0.15, -0.1) is 0 Å². The van der Waals surface area contributed by atoms with Crippen LogP contribution in [0.25, 0.3) is 0 Å². The Kier molecular flexibility index (Phi) is 4.72. The van der Waals surface area contributed by atoms with Gasteiger partial charge in [0.05, 0.1) is 22.4 Å². The molecule has 2 N–H and O–H groups in total. The first-order valence-corrected chi connectivity index (χ1v) is 13.8. The van der Waals surface area contributed by atoms with Gasteiger partial charge in [0.1, 0.15) is 18.7 Å². The SMILES string of the molecule is [2H]C1([2H])OC(=O)C=C1[C@H]1CC[C@]2(O)C3CCC4=CC5O[C@@H]6OCC[C@@]([2H])(OC)[C@]6(O)OC5C[C@]4(C)C3CC[C@]12C. The number of carbonyl (C=O) groups is 1. The monoisotopic (exact) mass is 519 g/mol. The zero-order chi connectivity index (χ0) is 28.5. The molecule has 3 aliphatic heterocycles. The number of allylic oxidation sites excluding steroid dienone is 1. The van der Waals surface area contributed by atoms with Crippen LogP contribution in [0.3, 0.4) is 0 Å². The van der Waals surface area contributed by atoms with Crippen LogP contribution < -0.4 is 0 Å². The normalized spacial score (nSPS) is 59.2. The average Bonchev–Trinajstić information content (AvgIpc) is 3.32. The Morgan fingerprint density at radius 2 is 2.00 bits per heavy atom. The predicted molar refractivity (Wildman–Crippen MR) is 131 cm³/mol. The number of carbonyl (C=O) groups excluding carboxylic acids is 1. The molecule has 8 heteroatoms. The molecule has 0 aromatic heterocycles. The summed E-state index contributed by atoms with van der Waals surface area (Å²) >= 11 is 0. The first-order valence-electron chi connectivity index (χ1n) is 15.3. The second-order valence-electron chi connectivity index (χ2n) is 12.7. The maximum atomic E-state index is 12.5. The molecule has 5 fully saturated rings. The highest BCUT2D eigenvalue weighted by Crippen LogP contribution is 2.69. The molecule has 0 aromatic carbocycles. The van der Waals surface area contributed by atoms with Gasteiger partial charge in [-0.05, 0) is 73.7 Å². The Morgan fingerprint density at radius 3 is 2.76 bits per heavy atom. The van der Waals surface area contributed by atoms with Crippen LogP contribution in [-0.2, 0) is 28.5 Å². The number of hydrogen-bond donors (Lipinski definition) is 2. The van der Waals surface area contributed by atoms with Crippen molar-refractivity contribution in [2.24, 2.45) is 28.6 Å². The second kappa shape index (κ2) is 8.12. The third kappa shape index (κ3) is 3.20. The van der Waals surface area contributed by atoms with Crippen LogP contribution in [0.15, 0.2) is 23.3 Å². The van der Waals surface area contributed by atoms with E-state index in [1.54, 1.807) is 0 Å². The molecule has 3 saturated carbocycles. The Morgan fingerprint density at radius 1 is 1.16 bits per heavy atom. The van der Waals surface area contributed by atoms with Crippen LogP contribution in [0, 0.1) is 28.6 Å². The van der Waals surface area contributed by atoms with Crippen LogP contribution in [0.4, 0.5) is 0 Å². The van der Waals surface area contributed by atoms with Crippen molar-refractivity contribution in [3.63, 3.8) is 0 Å². The first-order chi connectivity index (χ1) is 18.7. The third-order valence-electron chi connectivity index (χ3n) is 11.4. The number of methoxy groups -OCH3 is 1. The van der Waals surface area contributed by atoms with E-state index in [4.69, 9.17) is 27.8 Å². The predicted octanol–water partition coefficient (Wildman–Crippen LogP) is 3.01. The molecule has 11 atom stereocenters. The Bertz CT molecular complexity index is 1190. The lowest BCUT2D eigenvalue weighted by atomic mass is 9.45. The lowest BCUT2D eigenvalue weighted by Gasteiger charge is -2.63. The Hall–Kier alpha value is -1.29. The lowest BCUT2D eigenvalue weighted by molar-refractivity contribution is -0.442. The van der Waals surface area contributed by atoms with Crippen molar-refractivity contribution in [2.45, 2.75) is 101 Å². The topological polar surface area (TPSA) is 104 Å². The maximum Gasteiger partial charge on any atom is 0.331 e. The highest BCUT2D eigenvalue weighted by Gasteiger charge is 2.68. The maximum absolute atomic E-state index is 12.5. The fraction of sp³-hybridized carbons (Fsp3) is 0.828. The molecule has 4 aliphatic carbocycles. The number of fused-ring (bicyclic) bond motifs is 7. The van der Waals surface area contributed by atoms with Crippen LogP contribution in [0.1, 0.15) is 69.3 Å². The van der Waals surface area contributed by atoms with Gasteiger partial charge in [0, 0.05) is 25.0 Å². The fourth-order valence-electron chi connectivity index (χ4n) is 9.45. The van der Waals surface area contributed by atoms with Crippen molar-refractivity contribution in [3.8, 4) is 0 Å². The molecule has 0 amide bonds. The highest BCUT2D eigenvalue weighted by atomic mass is 16.8. The number of hydrogen-bond acceptors (Lipinski definition) is 8. The molecule has 204 valence electrons. The lowest BCUT2D eigenvalue weighted by Crippen LogP contribution is -2.68. The summed E-state index contributed by atoms with van der Waals surface area (Å²) in [5, 5.41) is 24.1. The first kappa shape index (κ1) is 21.5. The van der Waals surface area contributed by atoms with Crippen molar-refractivity contribution in [3.05, 3.63) is 23.3 Å². The van der Waals surface area contributed by atoms with Crippen molar-refractivity contribution in [2.75, 3.05) is 20.3 Å². The van der Waals surface area contributed by atoms with Crippen LogP contribution in [0.2, 0.25) is 0 Å². The fourth-order valence-corrected chi connectivity index (χ4v) is 9.45. The Balaban J connectivity index is 1.19. The van der Waals surface area contributed by atoms with E-state index in [0.717, 1.165) is 19.3 Å². The van der Waals surface area contributed by atoms with E-state index in [-0.39, 0.29) is 36.2 Å². The van der Waals surface area contributed by atoms with E-state index in [1.807, 2.05) is 0 Å². The third-order valence-corrected chi connectivity index (χ3v) is 11.4. The van der Waals surface area contributed by atoms with Gasteiger partial charge in [0.25, 0.3) is 0 Å². The van der Waals surface area contributed by atoms with Crippen LogP contribution in [0.5, 0.6) is 0 Å². The summed E-state index contributed by atoms with van der Waals surface area (Å²) in [7, 11) is 1.39. The minimum atomic E-state index is -2.14. The number of esters is 1. The quantitative estimate of drug-likeness (QED) is 0.424. The van der Waals surface area contributed by atoms with Gasteiger partial charge < -0.3 is 33.9 Å². The van der Waals surface area contributed by atoms with Crippen molar-refractivity contribution in [1.29, 1.82) is 0 Å². The number of cyclic esters (lactones) is 1. The van der Waals surface area contributed by atoms with Crippen molar-refractivity contribution < 1.29 is 42.8 Å². The molecule has 37 heavy (non-hydrogen) atoms. The van der Waals surface area contributed by atoms with Gasteiger partial charge in [0.2, 0.25) is 12.1 Å². The van der Waals surface area contributed by atoms with E-state index in [9.17, 15) is 15.0 Å². The van der Waals surface area contributed by atoms with Crippen molar-refractivity contribution in [1.82, 2.24) is 0 Å². The standard InChI is InChI=1S/C29H40O8/c1-26-14-22-21(36-25-29(32,37-22)23(33-3)8-11-34-25)13-17(26)4-5-20-19(26)6-9-27(2)18(7-10-28(20,27)31)16-12-24(30)35-15-16/h12-13,18-23,25,31-32H,4-11,14-15H2,1-3H3/t18-,19?,20?,21?,22?,23-,25+,26+,27-,28+,29+/m1/s1/i15D2,23D. The average molecular weight is 520 g/mol. The van der Waals surface area contributed by atoms with E-state index < -0.39 is 53.9 Å². The molecule has 4 unspecified atom stereocenters. The smallest absolute Gasteiger partial charge is 0.331 e. The summed E-state index contributed by atoms with van der Waals surface area (Å²) in [4.78, 5) is 12.0. The van der Waals surface area contributed by atoms with E-state index >= 15 is 0 Å². The van der Waals surface area contributed by atoms with E-state index in [0.29, 0.717) is 31.3 Å². The second-order valence-corrected chi connectivity index (χ2v) is 12.7. The van der Waals surface area contributed by atoms with Crippen molar-refractivity contribution >= 4 is 5.97 Å². The van der Waals surface area contributed by atoms with Crippen LogP contribution in [-0.4, -0.2) is 72.4 Å². The largest absolute Gasteiger partial charge is 0.458 e. The number of rotatable bonds is 2. The zero-order valence-corrected chi connectivity index (χ0v) is 21.8. The van der Waals surface area contributed by atoms with Gasteiger partial charge in [-0.25, -0.2) is 4.79 Å². The summed E-state index contributed by atoms with van der Waals surface area (Å²) in [5.74, 6) is -2.85. The molecule has 2 saturated heterocycles. The molecular formula is C29H40O8. The van der Waals surface area contributed by atoms with Gasteiger partial charge in [-0.3, -0.25) is 0 Å². The molecule has 0 spiro atoms. The highest BCUT2D eigenvalue weighted by molar-refractivity contribution is 5.85. The number of ether oxygens (including phenoxy) is 5. The number of aliphatic hydroxyl groups is 2. The molecule has 0 aromatic rings. The summed E-state index contributed by atoms with van der Waals surface area (Å²) in [6.07, 6.45) is 4.71. The van der Waals surface area contributed by atoms with E-state index in [2.05, 4.69) is 19.9 Å². The molecule has 0 radical (unpaired) electrons. The van der Waals surface area contributed by atoms with E-state index in [1.165, 1.54) is 18.8 Å². The molecule has 3 heterocycles. The molecular weight excluding hydrogens is 476 g/mol. The van der Waals surface area contributed by atoms with Gasteiger partial charge in [0.15, 0.2) is 0 Å². The molecule has 7 rings (SSSR count). The van der Waals surface area contributed by atoms with Crippen LogP contribution >= 0.6 is 0 Å².